The van der Waals surface area contributed by atoms with Gasteiger partial charge in [-0.25, -0.2) is 4.39 Å². The Balaban J connectivity index is 2.18. The Morgan fingerprint density at radius 1 is 1.32 bits per heavy atom. The van der Waals surface area contributed by atoms with Gasteiger partial charge in [0.15, 0.2) is 0 Å². The minimum absolute atomic E-state index is 0.186. The number of amides is 1. The van der Waals surface area contributed by atoms with Crippen molar-refractivity contribution >= 4 is 5.91 Å². The molecule has 19 heavy (non-hydrogen) atoms. The predicted molar refractivity (Wildman–Crippen MR) is 74.7 cm³/mol. The average Bonchev–Trinajstić information content (AvgIpc) is 2.38. The van der Waals surface area contributed by atoms with Crippen LogP contribution in [0.2, 0.25) is 0 Å². The molecule has 2 nitrogen and oxygen atoms in total. The lowest BCUT2D eigenvalue weighted by Crippen LogP contribution is -2.42. The van der Waals surface area contributed by atoms with Gasteiger partial charge in [-0.15, -0.1) is 0 Å². The van der Waals surface area contributed by atoms with Gasteiger partial charge in [0, 0.05) is 13.1 Å². The zero-order chi connectivity index (χ0) is 14.0. The van der Waals surface area contributed by atoms with Gasteiger partial charge in [-0.3, -0.25) is 4.79 Å². The van der Waals surface area contributed by atoms with Crippen LogP contribution < -0.4 is 0 Å². The van der Waals surface area contributed by atoms with Crippen molar-refractivity contribution in [2.75, 3.05) is 7.05 Å². The van der Waals surface area contributed by atoms with Crippen molar-refractivity contribution in [3.8, 4) is 0 Å². The Morgan fingerprint density at radius 3 is 2.63 bits per heavy atom. The van der Waals surface area contributed by atoms with E-state index in [-0.39, 0.29) is 17.5 Å². The molecular formula is C16H22FNO. The Labute approximate surface area is 114 Å². The minimum Gasteiger partial charge on any atom is -0.338 e. The van der Waals surface area contributed by atoms with Crippen LogP contribution in [-0.2, 0) is 0 Å². The molecule has 0 heterocycles. The summed E-state index contributed by atoms with van der Waals surface area (Å²) in [4.78, 5) is 14.1. The molecule has 104 valence electrons. The standard InChI is InChI=1S/C16H22FNO/c1-11-8-9-13(14(17)10-11)16(19)18(3)15-7-5-4-6-12(15)2/h8-10,12,15H,4-7H2,1-3H3. The number of hydrogen-bond donors (Lipinski definition) is 0. The van der Waals surface area contributed by atoms with Gasteiger partial charge in [-0.05, 0) is 43.4 Å². The van der Waals surface area contributed by atoms with Crippen molar-refractivity contribution < 1.29 is 9.18 Å². The molecule has 0 N–H and O–H groups in total. The molecule has 0 spiro atoms. The summed E-state index contributed by atoms with van der Waals surface area (Å²) >= 11 is 0. The second kappa shape index (κ2) is 5.72. The van der Waals surface area contributed by atoms with E-state index < -0.39 is 5.82 Å². The second-order valence-corrected chi connectivity index (χ2v) is 5.73. The van der Waals surface area contributed by atoms with Gasteiger partial charge < -0.3 is 4.90 Å². The van der Waals surface area contributed by atoms with E-state index in [9.17, 15) is 9.18 Å². The highest BCUT2D eigenvalue weighted by Gasteiger charge is 2.29. The lowest BCUT2D eigenvalue weighted by molar-refractivity contribution is 0.0624. The SMILES string of the molecule is Cc1ccc(C(=O)N(C)C2CCCCC2C)c(F)c1. The first-order chi connectivity index (χ1) is 9.00. The highest BCUT2D eigenvalue weighted by Crippen LogP contribution is 2.28. The molecule has 0 aromatic heterocycles. The molecule has 2 atom stereocenters. The molecule has 0 bridgehead atoms. The van der Waals surface area contributed by atoms with E-state index in [1.807, 2.05) is 6.92 Å². The molecule has 3 heteroatoms. The molecule has 1 aromatic carbocycles. The predicted octanol–water partition coefficient (Wildman–Crippen LogP) is 3.78. The summed E-state index contributed by atoms with van der Waals surface area (Å²) in [6.07, 6.45) is 4.57. The van der Waals surface area contributed by atoms with Crippen molar-refractivity contribution in [1.29, 1.82) is 0 Å². The van der Waals surface area contributed by atoms with Gasteiger partial charge >= 0.3 is 0 Å². The highest BCUT2D eigenvalue weighted by molar-refractivity contribution is 5.94. The van der Waals surface area contributed by atoms with Gasteiger partial charge in [0.2, 0.25) is 0 Å². The minimum atomic E-state index is -0.416. The molecular weight excluding hydrogens is 241 g/mol. The summed E-state index contributed by atoms with van der Waals surface area (Å²) in [6, 6.07) is 5.04. The fourth-order valence-electron chi connectivity index (χ4n) is 3.01. The van der Waals surface area contributed by atoms with Crippen LogP contribution in [-0.4, -0.2) is 23.9 Å². The summed E-state index contributed by atoms with van der Waals surface area (Å²) < 4.78 is 13.9. The second-order valence-electron chi connectivity index (χ2n) is 5.73. The van der Waals surface area contributed by atoms with Gasteiger partial charge in [0.1, 0.15) is 5.82 Å². The third-order valence-electron chi connectivity index (χ3n) is 4.24. The monoisotopic (exact) mass is 263 g/mol. The quantitative estimate of drug-likeness (QED) is 0.795. The fourth-order valence-corrected chi connectivity index (χ4v) is 3.01. The Hall–Kier alpha value is -1.38. The third-order valence-corrected chi connectivity index (χ3v) is 4.24. The van der Waals surface area contributed by atoms with E-state index in [4.69, 9.17) is 0 Å². The van der Waals surface area contributed by atoms with Crippen LogP contribution >= 0.6 is 0 Å². The van der Waals surface area contributed by atoms with Crippen LogP contribution in [0.25, 0.3) is 0 Å². The first kappa shape index (κ1) is 14.0. The molecule has 1 aliphatic carbocycles. The summed E-state index contributed by atoms with van der Waals surface area (Å²) in [6.45, 7) is 4.00. The summed E-state index contributed by atoms with van der Waals surface area (Å²) in [5, 5.41) is 0. The molecule has 0 radical (unpaired) electrons. The summed E-state index contributed by atoms with van der Waals surface area (Å²) in [5.74, 6) is -0.118. The van der Waals surface area contributed by atoms with E-state index >= 15 is 0 Å². The lowest BCUT2D eigenvalue weighted by atomic mass is 9.85. The number of carbonyl (C=O) groups is 1. The maximum atomic E-state index is 13.9. The molecule has 0 saturated heterocycles. The van der Waals surface area contributed by atoms with Crippen LogP contribution in [0.3, 0.4) is 0 Å². The van der Waals surface area contributed by atoms with Gasteiger partial charge in [-0.1, -0.05) is 25.8 Å². The van der Waals surface area contributed by atoms with Crippen LogP contribution in [0, 0.1) is 18.7 Å². The summed E-state index contributed by atoms with van der Waals surface area (Å²) in [5.41, 5.74) is 1.02. The van der Waals surface area contributed by atoms with E-state index in [1.54, 1.807) is 24.1 Å². The van der Waals surface area contributed by atoms with Crippen molar-refractivity contribution in [1.82, 2.24) is 4.90 Å². The van der Waals surface area contributed by atoms with Crippen molar-refractivity contribution in [2.24, 2.45) is 5.92 Å². The number of halogens is 1. The molecule has 0 aliphatic heterocycles. The third kappa shape index (κ3) is 2.96. The average molecular weight is 263 g/mol. The molecule has 1 amide bonds. The van der Waals surface area contributed by atoms with E-state index in [0.29, 0.717) is 5.92 Å². The van der Waals surface area contributed by atoms with Gasteiger partial charge in [-0.2, -0.15) is 0 Å². The number of carbonyl (C=O) groups excluding carboxylic acids is 1. The largest absolute Gasteiger partial charge is 0.338 e. The number of hydrogen-bond acceptors (Lipinski definition) is 1. The molecule has 1 fully saturated rings. The maximum Gasteiger partial charge on any atom is 0.256 e. The normalized spacial score (nSPS) is 23.2. The Bertz CT molecular complexity index is 472. The molecule has 1 saturated carbocycles. The first-order valence-electron chi connectivity index (χ1n) is 7.04. The van der Waals surface area contributed by atoms with Crippen molar-refractivity contribution in [2.45, 2.75) is 45.6 Å². The number of benzene rings is 1. The first-order valence-corrected chi connectivity index (χ1v) is 7.04. The van der Waals surface area contributed by atoms with E-state index in [2.05, 4.69) is 6.92 Å². The maximum absolute atomic E-state index is 13.9. The molecule has 1 aromatic rings. The molecule has 2 rings (SSSR count). The van der Waals surface area contributed by atoms with Crippen LogP contribution in [0.5, 0.6) is 0 Å². The van der Waals surface area contributed by atoms with Crippen LogP contribution in [0.4, 0.5) is 4.39 Å². The van der Waals surface area contributed by atoms with Crippen LogP contribution in [0.15, 0.2) is 18.2 Å². The summed E-state index contributed by atoms with van der Waals surface area (Å²) in [7, 11) is 1.80. The molecule has 1 aliphatic rings. The number of nitrogens with zero attached hydrogens (tertiary/aromatic N) is 1. The smallest absolute Gasteiger partial charge is 0.256 e. The van der Waals surface area contributed by atoms with Gasteiger partial charge in [0.05, 0.1) is 5.56 Å². The zero-order valence-corrected chi connectivity index (χ0v) is 11.9. The Kier molecular flexibility index (Phi) is 4.23. The van der Waals surface area contributed by atoms with Crippen molar-refractivity contribution in [3.05, 3.63) is 35.1 Å². The fraction of sp³-hybridized carbons (Fsp3) is 0.562. The van der Waals surface area contributed by atoms with Gasteiger partial charge in [0.25, 0.3) is 5.91 Å². The number of rotatable bonds is 2. The number of aryl methyl sites for hydroxylation is 1. The van der Waals surface area contributed by atoms with E-state index in [1.165, 1.54) is 12.5 Å². The topological polar surface area (TPSA) is 20.3 Å². The lowest BCUT2D eigenvalue weighted by Gasteiger charge is -2.36. The van der Waals surface area contributed by atoms with E-state index in [0.717, 1.165) is 24.8 Å². The zero-order valence-electron chi connectivity index (χ0n) is 11.9. The highest BCUT2D eigenvalue weighted by atomic mass is 19.1. The van der Waals surface area contributed by atoms with Crippen molar-refractivity contribution in [3.63, 3.8) is 0 Å². The molecule has 2 unspecified atom stereocenters. The Morgan fingerprint density at radius 2 is 2.00 bits per heavy atom. The van der Waals surface area contributed by atoms with Crippen LogP contribution in [0.1, 0.15) is 48.5 Å².